The Kier molecular flexibility index (Phi) is 3.90. The van der Waals surface area contributed by atoms with Crippen LogP contribution in [0.2, 0.25) is 0 Å². The Balaban J connectivity index is 1.76. The predicted molar refractivity (Wildman–Crippen MR) is 79.2 cm³/mol. The first-order valence-corrected chi connectivity index (χ1v) is 7.22. The van der Waals surface area contributed by atoms with E-state index in [0.717, 1.165) is 17.5 Å². The van der Waals surface area contributed by atoms with Crippen molar-refractivity contribution in [3.8, 4) is 0 Å². The molecule has 2 atom stereocenters. The van der Waals surface area contributed by atoms with Crippen molar-refractivity contribution in [2.24, 2.45) is 0 Å². The molecule has 1 aromatic carbocycles. The Labute approximate surface area is 122 Å². The lowest BCUT2D eigenvalue weighted by Gasteiger charge is -2.29. The van der Waals surface area contributed by atoms with E-state index in [1.54, 1.807) is 0 Å². The molecule has 0 bridgehead atoms. The van der Waals surface area contributed by atoms with E-state index in [9.17, 15) is 4.79 Å². The summed E-state index contributed by atoms with van der Waals surface area (Å²) in [7, 11) is 0. The molecule has 2 heterocycles. The van der Waals surface area contributed by atoms with Gasteiger partial charge in [0.2, 0.25) is 5.91 Å². The van der Waals surface area contributed by atoms with Crippen molar-refractivity contribution in [2.45, 2.75) is 32.4 Å². The number of nitrogens with one attached hydrogen (secondary N) is 2. The van der Waals surface area contributed by atoms with E-state index in [-0.39, 0.29) is 18.1 Å². The Morgan fingerprint density at radius 3 is 3.14 bits per heavy atom. The number of carbonyl (C=O) groups is 1. The summed E-state index contributed by atoms with van der Waals surface area (Å²) < 4.78 is 11.0. The summed E-state index contributed by atoms with van der Waals surface area (Å²) in [6.07, 6.45) is 0.609. The van der Waals surface area contributed by atoms with Gasteiger partial charge in [-0.3, -0.25) is 4.79 Å². The van der Waals surface area contributed by atoms with Crippen LogP contribution in [0.25, 0.3) is 11.1 Å². The third-order valence-corrected chi connectivity index (χ3v) is 3.60. The SMILES string of the molecule is CCc1nc2cc(NC(=O)[C@H]3NCCO[C@@H]3C)ccc2o1. The maximum absolute atomic E-state index is 12.3. The summed E-state index contributed by atoms with van der Waals surface area (Å²) in [4.78, 5) is 16.6. The molecule has 1 aliphatic heterocycles. The molecule has 6 heteroatoms. The second kappa shape index (κ2) is 5.83. The molecule has 2 N–H and O–H groups in total. The molecule has 2 aromatic rings. The van der Waals surface area contributed by atoms with Crippen LogP contribution in [0.4, 0.5) is 5.69 Å². The Hall–Kier alpha value is -1.92. The van der Waals surface area contributed by atoms with E-state index in [0.29, 0.717) is 24.7 Å². The van der Waals surface area contributed by atoms with Gasteiger partial charge in [0.15, 0.2) is 11.5 Å². The highest BCUT2D eigenvalue weighted by Crippen LogP contribution is 2.20. The van der Waals surface area contributed by atoms with Crippen molar-refractivity contribution in [1.29, 1.82) is 0 Å². The number of hydrogen-bond acceptors (Lipinski definition) is 5. The smallest absolute Gasteiger partial charge is 0.244 e. The number of nitrogens with zero attached hydrogens (tertiary/aromatic N) is 1. The van der Waals surface area contributed by atoms with Crippen LogP contribution in [0.15, 0.2) is 22.6 Å². The molecular formula is C15H19N3O3. The van der Waals surface area contributed by atoms with Crippen LogP contribution in [-0.2, 0) is 16.0 Å². The molecule has 3 rings (SSSR count). The second-order valence-corrected chi connectivity index (χ2v) is 5.14. The number of benzene rings is 1. The van der Waals surface area contributed by atoms with E-state index in [2.05, 4.69) is 15.6 Å². The maximum Gasteiger partial charge on any atom is 0.244 e. The van der Waals surface area contributed by atoms with Gasteiger partial charge in [-0.25, -0.2) is 4.98 Å². The van der Waals surface area contributed by atoms with E-state index in [1.165, 1.54) is 0 Å². The number of oxazole rings is 1. The highest BCUT2D eigenvalue weighted by molar-refractivity contribution is 5.96. The van der Waals surface area contributed by atoms with Crippen molar-refractivity contribution in [3.05, 3.63) is 24.1 Å². The summed E-state index contributed by atoms with van der Waals surface area (Å²) in [6, 6.07) is 5.13. The number of fused-ring (bicyclic) bond motifs is 1. The number of carbonyl (C=O) groups excluding carboxylic acids is 1. The number of hydrogen-bond donors (Lipinski definition) is 2. The van der Waals surface area contributed by atoms with Gasteiger partial charge < -0.3 is 19.8 Å². The highest BCUT2D eigenvalue weighted by atomic mass is 16.5. The number of anilines is 1. The Morgan fingerprint density at radius 1 is 1.52 bits per heavy atom. The third kappa shape index (κ3) is 2.91. The summed E-state index contributed by atoms with van der Waals surface area (Å²) in [5.41, 5.74) is 2.20. The molecular weight excluding hydrogens is 270 g/mol. The van der Waals surface area contributed by atoms with Crippen LogP contribution in [0.3, 0.4) is 0 Å². The molecule has 21 heavy (non-hydrogen) atoms. The Morgan fingerprint density at radius 2 is 2.38 bits per heavy atom. The van der Waals surface area contributed by atoms with Crippen LogP contribution in [0.1, 0.15) is 19.7 Å². The topological polar surface area (TPSA) is 76.4 Å². The van der Waals surface area contributed by atoms with E-state index in [4.69, 9.17) is 9.15 Å². The number of rotatable bonds is 3. The van der Waals surface area contributed by atoms with Crippen LogP contribution in [0.5, 0.6) is 0 Å². The summed E-state index contributed by atoms with van der Waals surface area (Å²) in [6.45, 7) is 5.20. The van der Waals surface area contributed by atoms with Gasteiger partial charge in [-0.1, -0.05) is 6.92 Å². The first-order valence-electron chi connectivity index (χ1n) is 7.22. The van der Waals surface area contributed by atoms with Crippen LogP contribution >= 0.6 is 0 Å². The average molecular weight is 289 g/mol. The maximum atomic E-state index is 12.3. The largest absolute Gasteiger partial charge is 0.441 e. The van der Waals surface area contributed by atoms with E-state index >= 15 is 0 Å². The minimum atomic E-state index is -0.335. The van der Waals surface area contributed by atoms with Crippen molar-refractivity contribution >= 4 is 22.7 Å². The molecule has 0 aliphatic carbocycles. The first-order chi connectivity index (χ1) is 10.2. The van der Waals surface area contributed by atoms with Gasteiger partial charge in [0.25, 0.3) is 0 Å². The molecule has 0 saturated carbocycles. The highest BCUT2D eigenvalue weighted by Gasteiger charge is 2.28. The average Bonchev–Trinajstić information content (AvgIpc) is 2.90. The Bertz CT molecular complexity index is 653. The lowest BCUT2D eigenvalue weighted by atomic mass is 10.1. The number of morpholine rings is 1. The van der Waals surface area contributed by atoms with Gasteiger partial charge in [-0.2, -0.15) is 0 Å². The summed E-state index contributed by atoms with van der Waals surface area (Å²) in [5.74, 6) is 0.602. The number of aromatic nitrogens is 1. The van der Waals surface area contributed by atoms with Crippen LogP contribution < -0.4 is 10.6 Å². The minimum absolute atomic E-state index is 0.0965. The van der Waals surface area contributed by atoms with E-state index < -0.39 is 0 Å². The third-order valence-electron chi connectivity index (χ3n) is 3.60. The molecule has 1 fully saturated rings. The summed E-state index contributed by atoms with van der Waals surface area (Å²) >= 11 is 0. The molecule has 1 aliphatic rings. The standard InChI is InChI=1S/C15H19N3O3/c1-3-13-18-11-8-10(4-5-12(11)21-13)17-15(19)14-9(2)20-7-6-16-14/h4-5,8-9,14,16H,3,6-7H2,1-2H3,(H,17,19)/t9-,14+/m1/s1. The molecule has 112 valence electrons. The van der Waals surface area contributed by atoms with Gasteiger partial charge in [0.1, 0.15) is 11.6 Å². The van der Waals surface area contributed by atoms with Gasteiger partial charge in [-0.05, 0) is 25.1 Å². The van der Waals surface area contributed by atoms with Gasteiger partial charge in [0, 0.05) is 18.7 Å². The molecule has 1 aromatic heterocycles. The monoisotopic (exact) mass is 289 g/mol. The lowest BCUT2D eigenvalue weighted by Crippen LogP contribution is -2.53. The van der Waals surface area contributed by atoms with Crippen molar-refractivity contribution in [3.63, 3.8) is 0 Å². The molecule has 0 unspecified atom stereocenters. The zero-order chi connectivity index (χ0) is 14.8. The van der Waals surface area contributed by atoms with Crippen LogP contribution in [-0.4, -0.2) is 36.2 Å². The zero-order valence-electron chi connectivity index (χ0n) is 12.2. The molecule has 6 nitrogen and oxygen atoms in total. The van der Waals surface area contributed by atoms with Crippen molar-refractivity contribution < 1.29 is 13.9 Å². The number of ether oxygens (including phenoxy) is 1. The minimum Gasteiger partial charge on any atom is -0.441 e. The van der Waals surface area contributed by atoms with Gasteiger partial charge in [0.05, 0.1) is 12.7 Å². The van der Waals surface area contributed by atoms with Gasteiger partial charge >= 0.3 is 0 Å². The molecule has 1 saturated heterocycles. The quantitative estimate of drug-likeness (QED) is 0.899. The zero-order valence-corrected chi connectivity index (χ0v) is 12.2. The molecule has 0 radical (unpaired) electrons. The molecule has 1 amide bonds. The van der Waals surface area contributed by atoms with Crippen LogP contribution in [0, 0.1) is 0 Å². The number of amides is 1. The fraction of sp³-hybridized carbons (Fsp3) is 0.467. The summed E-state index contributed by atoms with van der Waals surface area (Å²) in [5, 5.41) is 6.07. The lowest BCUT2D eigenvalue weighted by molar-refractivity contribution is -0.123. The number of aryl methyl sites for hydroxylation is 1. The fourth-order valence-electron chi connectivity index (χ4n) is 2.45. The molecule has 0 spiro atoms. The first kappa shape index (κ1) is 14.0. The van der Waals surface area contributed by atoms with Crippen molar-refractivity contribution in [1.82, 2.24) is 10.3 Å². The normalized spacial score (nSPS) is 22.4. The fourth-order valence-corrected chi connectivity index (χ4v) is 2.45. The predicted octanol–water partition coefficient (Wildman–Crippen LogP) is 1.71. The second-order valence-electron chi connectivity index (χ2n) is 5.14. The van der Waals surface area contributed by atoms with Gasteiger partial charge in [-0.15, -0.1) is 0 Å². The van der Waals surface area contributed by atoms with E-state index in [1.807, 2.05) is 32.0 Å². The van der Waals surface area contributed by atoms with Crippen molar-refractivity contribution in [2.75, 3.05) is 18.5 Å².